The molecule has 0 bridgehead atoms. The molecule has 0 aliphatic carbocycles. The minimum absolute atomic E-state index is 0.111. The number of hydrogen-bond acceptors (Lipinski definition) is 4. The van der Waals surface area contributed by atoms with E-state index in [1.54, 1.807) is 0 Å². The highest BCUT2D eigenvalue weighted by Gasteiger charge is 2.33. The van der Waals surface area contributed by atoms with Crippen LogP contribution in [0.3, 0.4) is 0 Å². The van der Waals surface area contributed by atoms with Gasteiger partial charge in [-0.2, -0.15) is 0 Å². The summed E-state index contributed by atoms with van der Waals surface area (Å²) in [6.45, 7) is 15.7. The molecule has 4 nitrogen and oxygen atoms in total. The zero-order chi connectivity index (χ0) is 25.3. The maximum Gasteiger partial charge on any atom is 0.325 e. The molecule has 2 N–H and O–H groups in total. The number of nitrogens with two attached hydrogens (primary N) is 1. The predicted octanol–water partition coefficient (Wildman–Crippen LogP) is 7.69. The van der Waals surface area contributed by atoms with Crippen LogP contribution in [0.25, 0.3) is 0 Å². The highest BCUT2D eigenvalue weighted by Crippen LogP contribution is 2.43. The van der Waals surface area contributed by atoms with E-state index in [9.17, 15) is 4.79 Å². The summed E-state index contributed by atoms with van der Waals surface area (Å²) in [5.74, 6) is 3.68. The Balaban J connectivity index is 1.78. The Hall–Kier alpha value is -1.55. The maximum absolute atomic E-state index is 11.7. The molecule has 0 spiro atoms. The van der Waals surface area contributed by atoms with E-state index in [0.29, 0.717) is 5.75 Å². The van der Waals surface area contributed by atoms with Crippen molar-refractivity contribution in [2.24, 2.45) is 23.5 Å². The van der Waals surface area contributed by atoms with Crippen LogP contribution in [0.2, 0.25) is 0 Å². The third-order valence-electron chi connectivity index (χ3n) is 7.72. The third-order valence-corrected chi connectivity index (χ3v) is 7.72. The molecule has 0 aromatic heterocycles. The zero-order valence-electron chi connectivity index (χ0n) is 23.1. The summed E-state index contributed by atoms with van der Waals surface area (Å²) >= 11 is 0. The molecule has 3 atom stereocenters. The molecule has 0 saturated heterocycles. The van der Waals surface area contributed by atoms with Gasteiger partial charge in [-0.15, -0.1) is 0 Å². The molecular formula is C30H51NO3. The van der Waals surface area contributed by atoms with Crippen molar-refractivity contribution >= 4 is 5.97 Å². The van der Waals surface area contributed by atoms with Crippen molar-refractivity contribution < 1.29 is 14.3 Å². The molecule has 1 aromatic carbocycles. The molecule has 4 heteroatoms. The second-order valence-electron chi connectivity index (χ2n) is 11.7. The van der Waals surface area contributed by atoms with Crippen molar-refractivity contribution in [1.82, 2.24) is 0 Å². The number of carbonyl (C=O) groups is 1. The van der Waals surface area contributed by atoms with Crippen molar-refractivity contribution in [3.8, 4) is 11.5 Å². The fourth-order valence-electron chi connectivity index (χ4n) is 5.31. The van der Waals surface area contributed by atoms with Gasteiger partial charge in [-0.05, 0) is 81.4 Å². The van der Waals surface area contributed by atoms with Gasteiger partial charge in [0.05, 0.1) is 6.54 Å². The lowest BCUT2D eigenvalue weighted by molar-refractivity contribution is -0.132. The van der Waals surface area contributed by atoms with Crippen LogP contribution in [0.4, 0.5) is 0 Å². The smallest absolute Gasteiger partial charge is 0.325 e. The summed E-state index contributed by atoms with van der Waals surface area (Å²) in [5, 5.41) is 0. The van der Waals surface area contributed by atoms with Crippen LogP contribution in [0.15, 0.2) is 6.07 Å². The van der Waals surface area contributed by atoms with Gasteiger partial charge in [-0.1, -0.05) is 72.6 Å². The predicted molar refractivity (Wildman–Crippen MR) is 143 cm³/mol. The van der Waals surface area contributed by atoms with E-state index < -0.39 is 5.97 Å². The summed E-state index contributed by atoms with van der Waals surface area (Å²) < 4.78 is 12.0. The fraction of sp³-hybridized carbons (Fsp3) is 0.767. The van der Waals surface area contributed by atoms with Crippen molar-refractivity contribution in [2.75, 3.05) is 6.54 Å². The van der Waals surface area contributed by atoms with E-state index in [0.717, 1.165) is 53.9 Å². The molecule has 0 amide bonds. The number of aryl methyl sites for hydroxylation is 1. The topological polar surface area (TPSA) is 61.5 Å². The largest absolute Gasteiger partial charge is 0.487 e. The number of ether oxygens (including phenoxy) is 2. The number of hydrogen-bond donors (Lipinski definition) is 1. The van der Waals surface area contributed by atoms with Crippen LogP contribution in [0, 0.1) is 31.6 Å². The van der Waals surface area contributed by atoms with Crippen LogP contribution < -0.4 is 15.2 Å². The molecule has 1 aliphatic rings. The summed E-state index contributed by atoms with van der Waals surface area (Å²) in [5.41, 5.74) is 8.50. The number of carbonyl (C=O) groups excluding carboxylic acids is 1. The van der Waals surface area contributed by atoms with Crippen LogP contribution in [-0.4, -0.2) is 18.1 Å². The third kappa shape index (κ3) is 8.91. The molecule has 0 fully saturated rings. The average Bonchev–Trinajstić information content (AvgIpc) is 2.76. The Morgan fingerprint density at radius 1 is 1.03 bits per heavy atom. The van der Waals surface area contributed by atoms with E-state index in [4.69, 9.17) is 15.2 Å². The first-order valence-corrected chi connectivity index (χ1v) is 13.8. The van der Waals surface area contributed by atoms with E-state index in [1.807, 2.05) is 19.9 Å². The molecule has 34 heavy (non-hydrogen) atoms. The van der Waals surface area contributed by atoms with Gasteiger partial charge < -0.3 is 15.2 Å². The van der Waals surface area contributed by atoms with E-state index in [2.05, 4.69) is 34.6 Å². The monoisotopic (exact) mass is 473 g/mol. The van der Waals surface area contributed by atoms with Gasteiger partial charge in [0.1, 0.15) is 17.1 Å². The Kier molecular flexibility index (Phi) is 11.4. The molecule has 1 aromatic rings. The van der Waals surface area contributed by atoms with E-state index in [1.165, 1.54) is 56.9 Å². The number of esters is 1. The summed E-state index contributed by atoms with van der Waals surface area (Å²) in [6.07, 6.45) is 13.8. The number of fused-ring (bicyclic) bond motifs is 1. The lowest BCUT2D eigenvalue weighted by atomic mass is 9.84. The molecular weight excluding hydrogens is 422 g/mol. The molecule has 3 unspecified atom stereocenters. The van der Waals surface area contributed by atoms with Gasteiger partial charge in [0.2, 0.25) is 0 Å². The lowest BCUT2D eigenvalue weighted by Gasteiger charge is -2.38. The summed E-state index contributed by atoms with van der Waals surface area (Å²) in [7, 11) is 0. The number of benzene rings is 1. The van der Waals surface area contributed by atoms with Gasteiger partial charge >= 0.3 is 5.97 Å². The summed E-state index contributed by atoms with van der Waals surface area (Å²) in [6, 6.07) is 1.92. The second kappa shape index (κ2) is 13.5. The first-order valence-electron chi connectivity index (χ1n) is 13.8. The maximum atomic E-state index is 11.7. The fourth-order valence-corrected chi connectivity index (χ4v) is 5.31. The van der Waals surface area contributed by atoms with Gasteiger partial charge in [0, 0.05) is 5.56 Å². The van der Waals surface area contributed by atoms with Crippen molar-refractivity contribution in [2.45, 2.75) is 125 Å². The quantitative estimate of drug-likeness (QED) is 0.222. The van der Waals surface area contributed by atoms with Crippen LogP contribution in [0.1, 0.15) is 116 Å². The Labute approximate surface area is 209 Å². The van der Waals surface area contributed by atoms with E-state index in [-0.39, 0.29) is 12.1 Å². The Morgan fingerprint density at radius 3 is 2.21 bits per heavy atom. The first-order chi connectivity index (χ1) is 16.0. The Morgan fingerprint density at radius 2 is 1.62 bits per heavy atom. The van der Waals surface area contributed by atoms with Gasteiger partial charge in [0.15, 0.2) is 0 Å². The highest BCUT2D eigenvalue weighted by molar-refractivity contribution is 5.75. The summed E-state index contributed by atoms with van der Waals surface area (Å²) in [4.78, 5) is 11.7. The highest BCUT2D eigenvalue weighted by atomic mass is 16.5. The van der Waals surface area contributed by atoms with Gasteiger partial charge in [-0.3, -0.25) is 4.79 Å². The second-order valence-corrected chi connectivity index (χ2v) is 11.7. The lowest BCUT2D eigenvalue weighted by Crippen LogP contribution is -2.37. The standard InChI is InChI=1S/C30H51NO3/c1-21(2)11-8-12-22(3)13-9-14-23(4)15-10-17-30(7)18-16-26-25(6)27(33-28(32)20-31)19-24(5)29(26)34-30/h19,21-23H,8-18,20,31H2,1-7H3. The first kappa shape index (κ1) is 28.7. The normalized spacial score (nSPS) is 19.4. The molecule has 2 rings (SSSR count). The molecule has 0 saturated carbocycles. The zero-order valence-corrected chi connectivity index (χ0v) is 23.1. The number of rotatable bonds is 14. The SMILES string of the molecule is Cc1cc(OC(=O)CN)c(C)c2c1OC(C)(CCCC(C)CCCC(C)CCCC(C)C)CC2. The van der Waals surface area contributed by atoms with Crippen LogP contribution in [0.5, 0.6) is 11.5 Å². The van der Waals surface area contributed by atoms with Crippen molar-refractivity contribution in [1.29, 1.82) is 0 Å². The molecule has 0 radical (unpaired) electrons. The Bertz CT molecular complexity index is 788. The minimum Gasteiger partial charge on any atom is -0.487 e. The molecule has 194 valence electrons. The van der Waals surface area contributed by atoms with Crippen LogP contribution in [-0.2, 0) is 11.2 Å². The van der Waals surface area contributed by atoms with Crippen molar-refractivity contribution in [3.05, 3.63) is 22.8 Å². The molecule has 1 heterocycles. The average molecular weight is 474 g/mol. The van der Waals surface area contributed by atoms with E-state index >= 15 is 0 Å². The van der Waals surface area contributed by atoms with Gasteiger partial charge in [0.25, 0.3) is 0 Å². The van der Waals surface area contributed by atoms with Crippen molar-refractivity contribution in [3.63, 3.8) is 0 Å². The molecule has 1 aliphatic heterocycles. The minimum atomic E-state index is -0.404. The van der Waals surface area contributed by atoms with Gasteiger partial charge in [-0.25, -0.2) is 0 Å². The van der Waals surface area contributed by atoms with Crippen LogP contribution >= 0.6 is 0 Å².